The molecule has 1 fully saturated rings. The van der Waals surface area contributed by atoms with E-state index in [2.05, 4.69) is 30.3 Å². The van der Waals surface area contributed by atoms with Crippen molar-refractivity contribution in [3.63, 3.8) is 0 Å². The first kappa shape index (κ1) is 28.2. The van der Waals surface area contributed by atoms with Crippen molar-refractivity contribution in [1.29, 1.82) is 0 Å². The number of hydrogen-bond donors (Lipinski definition) is 2. The molecule has 32 heavy (non-hydrogen) atoms. The molecule has 2 rings (SSSR count). The van der Waals surface area contributed by atoms with Crippen LogP contribution < -0.4 is 40.2 Å². The molecule has 0 aliphatic carbocycles. The van der Waals surface area contributed by atoms with Crippen molar-refractivity contribution in [2.24, 2.45) is 5.16 Å². The molecule has 2 N–H and O–H groups in total. The molecule has 2 heterocycles. The Kier molecular flexibility index (Phi) is 10.5. The average molecular weight is 520 g/mol. The number of β-lactam (4-membered cyclic amide) rings is 1. The Morgan fingerprint density at radius 3 is 2.56 bits per heavy atom. The molecule has 0 spiro atoms. The number of ether oxygens (including phenoxy) is 1. The van der Waals surface area contributed by atoms with E-state index < -0.39 is 58.2 Å². The van der Waals surface area contributed by atoms with Crippen LogP contribution in [0.2, 0.25) is 0 Å². The van der Waals surface area contributed by atoms with E-state index in [9.17, 15) is 32.1 Å². The normalized spacial score (nSPS) is 18.2. The van der Waals surface area contributed by atoms with E-state index in [-0.39, 0.29) is 50.6 Å². The number of amides is 3. The molecule has 0 saturated carbocycles. The second-order valence-corrected chi connectivity index (χ2v) is 8.11. The van der Waals surface area contributed by atoms with Crippen LogP contribution in [0.4, 0.5) is 5.13 Å². The third-order valence-electron chi connectivity index (χ3n) is 3.81. The Labute approximate surface area is 212 Å². The number of thiazole rings is 1. The molecule has 170 valence electrons. The van der Waals surface area contributed by atoms with E-state index in [1.54, 1.807) is 0 Å². The summed E-state index contributed by atoms with van der Waals surface area (Å²) in [6.45, 7) is 0. The Morgan fingerprint density at radius 1 is 1.38 bits per heavy atom. The number of aromatic nitrogens is 1. The third kappa shape index (κ3) is 6.60. The van der Waals surface area contributed by atoms with E-state index in [0.717, 1.165) is 25.6 Å². The van der Waals surface area contributed by atoms with Crippen LogP contribution in [0, 0.1) is 0 Å². The van der Waals surface area contributed by atoms with Crippen LogP contribution >= 0.6 is 22.9 Å². The summed E-state index contributed by atoms with van der Waals surface area (Å²) < 4.78 is 38.3. The number of methoxy groups -OCH3 is 1. The van der Waals surface area contributed by atoms with Gasteiger partial charge in [-0.2, -0.15) is 0 Å². The summed E-state index contributed by atoms with van der Waals surface area (Å²) in [7, 11) is -3.06. The minimum atomic E-state index is -5.22. The number of alkyl halides is 1. The predicted octanol–water partition coefficient (Wildman–Crippen LogP) is -4.61. The topological polar surface area (TPSA) is 196 Å². The Balaban J connectivity index is 0.00000512. The summed E-state index contributed by atoms with van der Waals surface area (Å²) in [5.74, 6) is -4.02. The Bertz CT molecular complexity index is 1030. The van der Waals surface area contributed by atoms with Gasteiger partial charge >= 0.3 is 35.5 Å². The van der Waals surface area contributed by atoms with Crippen molar-refractivity contribution in [2.75, 3.05) is 25.4 Å². The first-order valence-electron chi connectivity index (χ1n) is 8.13. The summed E-state index contributed by atoms with van der Waals surface area (Å²) >= 11 is 6.34. The fourth-order valence-corrected chi connectivity index (χ4v) is 4.15. The number of hydrogen-bond acceptors (Lipinski definition) is 12. The quantitative estimate of drug-likeness (QED) is 0.0609. The van der Waals surface area contributed by atoms with E-state index in [1.165, 1.54) is 5.38 Å². The van der Waals surface area contributed by atoms with Gasteiger partial charge in [-0.25, -0.2) is 17.7 Å². The van der Waals surface area contributed by atoms with E-state index in [1.807, 2.05) is 0 Å². The van der Waals surface area contributed by atoms with Crippen LogP contribution in [-0.2, 0) is 39.1 Å². The van der Waals surface area contributed by atoms with Gasteiger partial charge in [-0.05, 0) is 0 Å². The molecular weight excluding hydrogens is 505 g/mol. The molecule has 18 heteroatoms. The average Bonchev–Trinajstić information content (AvgIpc) is 3.16. The van der Waals surface area contributed by atoms with E-state index in [4.69, 9.17) is 11.6 Å². The van der Waals surface area contributed by atoms with Gasteiger partial charge < -0.3 is 24.8 Å². The number of rotatable bonds is 9. The first-order chi connectivity index (χ1) is 14.5. The summed E-state index contributed by atoms with van der Waals surface area (Å²) in [5.41, 5.74) is -0.461. The van der Waals surface area contributed by atoms with Crippen LogP contribution in [0.5, 0.6) is 0 Å². The second-order valence-electron chi connectivity index (χ2n) is 5.73. The van der Waals surface area contributed by atoms with Gasteiger partial charge in [-0.3, -0.25) is 19.2 Å². The molecule has 2 unspecified atom stereocenters. The van der Waals surface area contributed by atoms with Crippen LogP contribution in [0.3, 0.4) is 0 Å². The van der Waals surface area contributed by atoms with Gasteiger partial charge in [0.15, 0.2) is 21.1 Å². The molecule has 1 aliphatic rings. The summed E-state index contributed by atoms with van der Waals surface area (Å²) in [4.78, 5) is 56.2. The zero-order valence-corrected chi connectivity index (χ0v) is 21.2. The molecule has 1 saturated heterocycles. The fraction of sp³-hybridized carbons (Fsp3) is 0.429. The van der Waals surface area contributed by atoms with Crippen LogP contribution in [0.25, 0.3) is 0 Å². The molecule has 1 aromatic rings. The molecule has 1 aliphatic heterocycles. The van der Waals surface area contributed by atoms with Gasteiger partial charge in [0.25, 0.3) is 11.8 Å². The number of carbonyl (C=O) groups is 4. The van der Waals surface area contributed by atoms with E-state index >= 15 is 0 Å². The smallest absolute Gasteiger partial charge is 0.731 e. The van der Waals surface area contributed by atoms with Crippen molar-refractivity contribution in [1.82, 2.24) is 14.6 Å². The van der Waals surface area contributed by atoms with Gasteiger partial charge in [-0.15, -0.1) is 22.9 Å². The molecule has 0 aromatic carbocycles. The van der Waals surface area contributed by atoms with Crippen LogP contribution in [-0.4, -0.2) is 83.8 Å². The largest absolute Gasteiger partial charge is 1.00 e. The van der Waals surface area contributed by atoms with Crippen molar-refractivity contribution >= 4 is 67.8 Å². The van der Waals surface area contributed by atoms with Crippen molar-refractivity contribution in [3.05, 3.63) is 11.1 Å². The number of oxime groups is 1. The Hall–Kier alpha value is -1.82. The maximum absolute atomic E-state index is 12.6. The minimum absolute atomic E-state index is 0. The fourth-order valence-electron chi connectivity index (χ4n) is 2.51. The van der Waals surface area contributed by atoms with Crippen LogP contribution in [0.1, 0.15) is 12.1 Å². The van der Waals surface area contributed by atoms with Gasteiger partial charge in [0.05, 0.1) is 19.6 Å². The summed E-state index contributed by atoms with van der Waals surface area (Å²) in [6, 6.07) is -3.00. The molecule has 0 radical (unpaired) electrons. The molecular formula is C14H15ClN5NaO9S2. The zero-order chi connectivity index (χ0) is 23.3. The van der Waals surface area contributed by atoms with Crippen molar-refractivity contribution < 1.29 is 71.3 Å². The summed E-state index contributed by atoms with van der Waals surface area (Å²) in [5, 5.41) is 9.55. The van der Waals surface area contributed by atoms with Gasteiger partial charge in [0.1, 0.15) is 24.7 Å². The molecule has 0 bridgehead atoms. The number of carbonyl (C=O) groups excluding carboxylic acids is 4. The maximum Gasteiger partial charge on any atom is 1.00 e. The molecule has 2 atom stereocenters. The third-order valence-corrected chi connectivity index (χ3v) is 5.75. The number of anilines is 1. The summed E-state index contributed by atoms with van der Waals surface area (Å²) in [6.07, 6.45) is -0.656. The minimum Gasteiger partial charge on any atom is -0.731 e. The predicted molar refractivity (Wildman–Crippen MR) is 104 cm³/mol. The Morgan fingerprint density at radius 2 is 2.03 bits per heavy atom. The second kappa shape index (κ2) is 11.9. The number of nitrogens with zero attached hydrogens (tertiary/aromatic N) is 3. The molecule has 3 amide bonds. The standard InChI is InChI=1S/C14H16ClN5O9S2.Na/c1-28-9(22)3-7-11(13(24)20(7)31(25,26)27)18-12(23)10(19-29-2)6-5-30-14(16-6)17-8(21)4-15;/h5,7,11H,3-4H2,1-2H3,(H,18,23)(H,16,17,21)(H,25,26,27);/q;+1/p-1. The first-order valence-corrected chi connectivity index (χ1v) is 10.9. The van der Waals surface area contributed by atoms with Crippen molar-refractivity contribution in [3.8, 4) is 0 Å². The molecule has 14 nitrogen and oxygen atoms in total. The maximum atomic E-state index is 12.6. The van der Waals surface area contributed by atoms with E-state index in [0.29, 0.717) is 0 Å². The number of nitrogens with one attached hydrogen (secondary N) is 2. The van der Waals surface area contributed by atoms with Gasteiger partial charge in [-0.1, -0.05) is 5.16 Å². The SMILES string of the molecule is CON=C(C(=O)NC1C(=O)N(S(=O)(=O)[O-])C1CC(=O)OC)c1csc(NC(=O)CCl)n1.[Na+]. The molecule has 1 aromatic heterocycles. The monoisotopic (exact) mass is 519 g/mol. The van der Waals surface area contributed by atoms with Crippen molar-refractivity contribution in [2.45, 2.75) is 18.5 Å². The van der Waals surface area contributed by atoms with Gasteiger partial charge in [0.2, 0.25) is 5.91 Å². The van der Waals surface area contributed by atoms with Crippen LogP contribution in [0.15, 0.2) is 10.5 Å². The number of esters is 1. The number of halogens is 1. The van der Waals surface area contributed by atoms with Gasteiger partial charge in [0, 0.05) is 5.38 Å². The zero-order valence-electron chi connectivity index (χ0n) is 16.9.